The second-order valence-corrected chi connectivity index (χ2v) is 6.53. The van der Waals surface area contributed by atoms with Gasteiger partial charge in [-0.25, -0.2) is 4.68 Å². The fraction of sp³-hybridized carbons (Fsp3) is 0.133. The predicted molar refractivity (Wildman–Crippen MR) is 95.7 cm³/mol. The maximum Gasteiger partial charge on any atom is 0.240 e. The molecule has 0 unspecified atom stereocenters. The number of carbonyl (C=O) groups excluding carboxylic acids is 1. The molecule has 0 radical (unpaired) electrons. The van der Waals surface area contributed by atoms with E-state index in [0.717, 1.165) is 5.00 Å². The maximum absolute atomic E-state index is 12.5. The van der Waals surface area contributed by atoms with Crippen molar-refractivity contribution in [3.8, 4) is 11.5 Å². The van der Waals surface area contributed by atoms with Gasteiger partial charge in [-0.1, -0.05) is 0 Å². The van der Waals surface area contributed by atoms with Crippen LogP contribution in [0.15, 0.2) is 35.7 Å². The molecule has 0 fully saturated rings. The Balaban J connectivity index is 1.56. The van der Waals surface area contributed by atoms with Crippen molar-refractivity contribution in [3.05, 3.63) is 46.0 Å². The van der Waals surface area contributed by atoms with Gasteiger partial charge in [0.2, 0.25) is 17.5 Å². The molecule has 3 heterocycles. The molecule has 3 N–H and O–H groups in total. The molecular formula is C15H13N5O3S2. The van der Waals surface area contributed by atoms with Crippen molar-refractivity contribution in [1.29, 1.82) is 0 Å². The van der Waals surface area contributed by atoms with Gasteiger partial charge < -0.3 is 15.2 Å². The zero-order valence-corrected chi connectivity index (χ0v) is 14.5. The van der Waals surface area contributed by atoms with Crippen LogP contribution in [0, 0.1) is 4.77 Å². The highest BCUT2D eigenvalue weighted by atomic mass is 32.1. The second-order valence-electron chi connectivity index (χ2n) is 5.21. The van der Waals surface area contributed by atoms with Crippen LogP contribution in [0.5, 0.6) is 11.5 Å². The number of hydrogen-bond donors (Lipinski definition) is 2. The first-order valence-electron chi connectivity index (χ1n) is 7.30. The Kier molecular flexibility index (Phi) is 3.90. The fourth-order valence-corrected chi connectivity index (χ4v) is 3.23. The quantitative estimate of drug-likeness (QED) is 0.522. The van der Waals surface area contributed by atoms with E-state index in [2.05, 4.69) is 10.5 Å². The lowest BCUT2D eigenvalue weighted by Crippen LogP contribution is -2.14. The van der Waals surface area contributed by atoms with Crippen molar-refractivity contribution < 1.29 is 14.3 Å². The van der Waals surface area contributed by atoms with Crippen LogP contribution in [-0.4, -0.2) is 27.0 Å². The summed E-state index contributed by atoms with van der Waals surface area (Å²) in [6, 6.07) is 8.84. The number of fused-ring (bicyclic) bond motifs is 1. The summed E-state index contributed by atoms with van der Waals surface area (Å²) in [5.41, 5.74) is 9.46. The molecule has 3 aromatic rings. The minimum atomic E-state index is -0.157. The van der Waals surface area contributed by atoms with Crippen molar-refractivity contribution in [2.24, 2.45) is 0 Å². The van der Waals surface area contributed by atoms with Gasteiger partial charge in [0, 0.05) is 5.56 Å². The number of nitrogens with zero attached hydrogens (tertiary/aromatic N) is 3. The highest BCUT2D eigenvalue weighted by Gasteiger charge is 2.18. The molecule has 128 valence electrons. The molecule has 8 nitrogen and oxygen atoms in total. The van der Waals surface area contributed by atoms with Crippen LogP contribution in [0.25, 0.3) is 0 Å². The van der Waals surface area contributed by atoms with E-state index in [-0.39, 0.29) is 25.1 Å². The number of rotatable bonds is 5. The topological polar surface area (TPSA) is 96.3 Å². The minimum absolute atomic E-state index is 0.0260. The van der Waals surface area contributed by atoms with Gasteiger partial charge in [0.1, 0.15) is 11.5 Å². The van der Waals surface area contributed by atoms with Gasteiger partial charge >= 0.3 is 0 Å². The van der Waals surface area contributed by atoms with Gasteiger partial charge in [-0.05, 0) is 47.9 Å². The third kappa shape index (κ3) is 2.96. The zero-order chi connectivity index (χ0) is 17.4. The Morgan fingerprint density at radius 3 is 3.00 bits per heavy atom. The summed E-state index contributed by atoms with van der Waals surface area (Å²) in [5.74, 6) is 1.20. The first kappa shape index (κ1) is 15.7. The average Bonchev–Trinajstić information content (AvgIpc) is 3.32. The first-order chi connectivity index (χ1) is 12.1. The smallest absolute Gasteiger partial charge is 0.240 e. The third-order valence-corrected chi connectivity index (χ3v) is 4.76. The minimum Gasteiger partial charge on any atom is -0.454 e. The van der Waals surface area contributed by atoms with Crippen molar-refractivity contribution in [2.45, 2.75) is 6.54 Å². The Morgan fingerprint density at radius 2 is 2.20 bits per heavy atom. The van der Waals surface area contributed by atoms with Crippen LogP contribution in [0.4, 0.5) is 10.9 Å². The predicted octanol–water partition coefficient (Wildman–Crippen LogP) is 2.54. The van der Waals surface area contributed by atoms with E-state index < -0.39 is 0 Å². The van der Waals surface area contributed by atoms with Crippen LogP contribution in [0.1, 0.15) is 10.4 Å². The molecule has 1 aliphatic rings. The van der Waals surface area contributed by atoms with Crippen LogP contribution in [0.3, 0.4) is 0 Å². The number of hydrogen-bond acceptors (Lipinski definition) is 8. The van der Waals surface area contributed by atoms with E-state index in [9.17, 15) is 4.79 Å². The van der Waals surface area contributed by atoms with E-state index in [4.69, 9.17) is 27.4 Å². The lowest BCUT2D eigenvalue weighted by molar-refractivity contribution is 0.0966. The van der Waals surface area contributed by atoms with E-state index in [1.54, 1.807) is 18.2 Å². The molecule has 0 aliphatic carbocycles. The zero-order valence-electron chi connectivity index (χ0n) is 12.8. The van der Waals surface area contributed by atoms with E-state index in [1.807, 2.05) is 17.5 Å². The lowest BCUT2D eigenvalue weighted by Gasteiger charge is -2.05. The van der Waals surface area contributed by atoms with Crippen molar-refractivity contribution in [1.82, 2.24) is 14.5 Å². The molecule has 4 rings (SSSR count). The number of thiophene rings is 1. The number of nitrogen functional groups attached to an aromatic ring is 1. The van der Waals surface area contributed by atoms with Crippen molar-refractivity contribution in [2.75, 3.05) is 18.0 Å². The molecule has 0 saturated carbocycles. The summed E-state index contributed by atoms with van der Waals surface area (Å²) in [4.78, 5) is 12.5. The number of ketones is 1. The Morgan fingerprint density at radius 1 is 1.36 bits per heavy atom. The number of Topliss-reactive ketones (excluding diaryl/α,β-unsaturated/α-hetero) is 1. The van der Waals surface area contributed by atoms with Crippen molar-refractivity contribution >= 4 is 40.3 Å². The van der Waals surface area contributed by atoms with Gasteiger partial charge in [-0.15, -0.1) is 16.4 Å². The average molecular weight is 375 g/mol. The van der Waals surface area contributed by atoms with E-state index in [1.165, 1.54) is 20.7 Å². The molecule has 25 heavy (non-hydrogen) atoms. The molecular weight excluding hydrogens is 362 g/mol. The third-order valence-electron chi connectivity index (χ3n) is 3.60. The Hall–Kier alpha value is -2.85. The monoisotopic (exact) mass is 375 g/mol. The molecule has 0 atom stereocenters. The number of benzene rings is 1. The number of carbonyl (C=O) groups is 1. The van der Waals surface area contributed by atoms with Gasteiger partial charge in [0.05, 0.1) is 0 Å². The summed E-state index contributed by atoms with van der Waals surface area (Å²) >= 11 is 6.87. The number of nitrogens with two attached hydrogens (primary N) is 1. The number of anilines is 2. The normalized spacial score (nSPS) is 12.3. The van der Waals surface area contributed by atoms with Crippen LogP contribution >= 0.6 is 23.6 Å². The summed E-state index contributed by atoms with van der Waals surface area (Å²) in [6.45, 7) is 0.134. The Bertz CT molecular complexity index is 993. The molecule has 1 aromatic carbocycles. The SMILES string of the molecule is Nc1nn(CC(=O)c2ccc3c(c2)OCO3)c(=S)n1Nc1cccs1. The van der Waals surface area contributed by atoms with Gasteiger partial charge in [0.15, 0.2) is 17.3 Å². The van der Waals surface area contributed by atoms with Crippen LogP contribution in [0.2, 0.25) is 0 Å². The standard InChI is InChI=1S/C15H13N5O3S2/c16-14-18-19(15(24)20(14)17-13-2-1-5-25-13)7-10(21)9-3-4-11-12(6-9)23-8-22-11/h1-6,17H,7-8H2,(H2,16,18). The highest BCUT2D eigenvalue weighted by Crippen LogP contribution is 2.32. The molecule has 10 heteroatoms. The van der Waals surface area contributed by atoms with Crippen LogP contribution in [-0.2, 0) is 6.54 Å². The molecule has 0 amide bonds. The molecule has 0 spiro atoms. The number of aromatic nitrogens is 3. The number of nitrogens with one attached hydrogen (secondary N) is 1. The van der Waals surface area contributed by atoms with Crippen LogP contribution < -0.4 is 20.6 Å². The lowest BCUT2D eigenvalue weighted by atomic mass is 10.1. The summed E-state index contributed by atoms with van der Waals surface area (Å²) in [7, 11) is 0. The summed E-state index contributed by atoms with van der Waals surface area (Å²) in [5, 5.41) is 6.94. The van der Waals surface area contributed by atoms with Gasteiger partial charge in [0.25, 0.3) is 0 Å². The number of ether oxygens (including phenoxy) is 2. The molecule has 0 saturated heterocycles. The fourth-order valence-electron chi connectivity index (χ4n) is 2.38. The van der Waals surface area contributed by atoms with Gasteiger partial charge in [-0.2, -0.15) is 4.68 Å². The maximum atomic E-state index is 12.5. The molecule has 2 aromatic heterocycles. The van der Waals surface area contributed by atoms with E-state index in [0.29, 0.717) is 21.8 Å². The highest BCUT2D eigenvalue weighted by molar-refractivity contribution is 7.71. The van der Waals surface area contributed by atoms with Crippen molar-refractivity contribution in [3.63, 3.8) is 0 Å². The Labute approximate surface area is 151 Å². The molecule has 0 bridgehead atoms. The summed E-state index contributed by atoms with van der Waals surface area (Å²) < 4.78 is 13.7. The second kappa shape index (κ2) is 6.22. The first-order valence-corrected chi connectivity index (χ1v) is 8.59. The largest absolute Gasteiger partial charge is 0.454 e. The van der Waals surface area contributed by atoms with E-state index >= 15 is 0 Å². The summed E-state index contributed by atoms with van der Waals surface area (Å²) in [6.07, 6.45) is 0. The van der Waals surface area contributed by atoms with Gasteiger partial charge in [-0.3, -0.25) is 10.2 Å². The molecule has 1 aliphatic heterocycles.